The molecule has 0 unspecified atom stereocenters. The summed E-state index contributed by atoms with van der Waals surface area (Å²) in [6.45, 7) is 0. The van der Waals surface area contributed by atoms with E-state index in [0.717, 1.165) is 0 Å². The van der Waals surface area contributed by atoms with Crippen molar-refractivity contribution in [3.8, 4) is 0 Å². The Morgan fingerprint density at radius 2 is 1.87 bits per heavy atom. The van der Waals surface area contributed by atoms with Gasteiger partial charge in [-0.3, -0.25) is 0 Å². The second-order valence-corrected chi connectivity index (χ2v) is 4.19. The van der Waals surface area contributed by atoms with Crippen molar-refractivity contribution < 1.29 is 17.2 Å². The number of anilines is 2. The van der Waals surface area contributed by atoms with Crippen LogP contribution in [0.2, 0.25) is 0 Å². The lowest BCUT2D eigenvalue weighted by Crippen LogP contribution is -2.18. The fraction of sp³-hybridized carbons (Fsp3) is 0.167. The van der Waals surface area contributed by atoms with Crippen molar-refractivity contribution in [2.24, 2.45) is 5.14 Å². The Morgan fingerprint density at radius 1 is 1.33 bits per heavy atom. The summed E-state index contributed by atoms with van der Waals surface area (Å²) in [7, 11) is -4.27. The quantitative estimate of drug-likeness (QED) is 0.659. The molecule has 6 N–H and O–H groups in total. The maximum absolute atomic E-state index is 12.3. The predicted octanol–water partition coefficient (Wildman–Crippen LogP) is -0.169. The molecular formula is C6H8F2N4O2S. The average Bonchev–Trinajstić information content (AvgIpc) is 2.00. The first-order valence-electron chi connectivity index (χ1n) is 3.60. The lowest BCUT2D eigenvalue weighted by atomic mass is 10.2. The summed E-state index contributed by atoms with van der Waals surface area (Å²) in [4.78, 5) is 2.52. The molecular weight excluding hydrogens is 230 g/mol. The number of hydrogen-bond acceptors (Lipinski definition) is 5. The van der Waals surface area contributed by atoms with Crippen LogP contribution in [0.1, 0.15) is 12.0 Å². The Kier molecular flexibility index (Phi) is 2.77. The molecule has 0 aliphatic carbocycles. The minimum absolute atomic E-state index is 0.501. The van der Waals surface area contributed by atoms with Crippen LogP contribution in [0.4, 0.5) is 20.3 Å². The van der Waals surface area contributed by atoms with Gasteiger partial charge in [-0.15, -0.1) is 0 Å². The molecule has 0 aliphatic heterocycles. The van der Waals surface area contributed by atoms with Crippen molar-refractivity contribution >= 4 is 21.5 Å². The van der Waals surface area contributed by atoms with Gasteiger partial charge in [-0.05, 0) is 0 Å². The average molecular weight is 238 g/mol. The highest BCUT2D eigenvalue weighted by Crippen LogP contribution is 2.31. The first-order valence-corrected chi connectivity index (χ1v) is 5.14. The topological polar surface area (TPSA) is 125 Å². The zero-order chi connectivity index (χ0) is 11.8. The maximum Gasteiger partial charge on any atom is 0.267 e. The standard InChI is InChI=1S/C6H8F2N4O2S/c7-5(8)2-1-12-6(10)4(3(2)9)15(11,13)14/h1,5H,(H4,9,10,12)(H2,11,13,14). The van der Waals surface area contributed by atoms with Gasteiger partial charge in [0.1, 0.15) is 10.7 Å². The van der Waals surface area contributed by atoms with Gasteiger partial charge in [-0.1, -0.05) is 0 Å². The lowest BCUT2D eigenvalue weighted by molar-refractivity contribution is 0.151. The van der Waals surface area contributed by atoms with E-state index in [0.29, 0.717) is 6.20 Å². The lowest BCUT2D eigenvalue weighted by Gasteiger charge is -2.10. The highest BCUT2D eigenvalue weighted by atomic mass is 32.2. The smallest absolute Gasteiger partial charge is 0.267 e. The Balaban J connectivity index is 3.59. The number of hydrogen-bond donors (Lipinski definition) is 3. The molecule has 0 saturated heterocycles. The monoisotopic (exact) mass is 238 g/mol. The van der Waals surface area contributed by atoms with Crippen LogP contribution in [0.3, 0.4) is 0 Å². The number of aromatic nitrogens is 1. The van der Waals surface area contributed by atoms with Crippen molar-refractivity contribution in [1.82, 2.24) is 4.98 Å². The number of sulfonamides is 1. The van der Waals surface area contributed by atoms with E-state index in [1.54, 1.807) is 0 Å². The highest BCUT2D eigenvalue weighted by Gasteiger charge is 2.23. The third-order valence-corrected chi connectivity index (χ3v) is 2.65. The SMILES string of the molecule is Nc1ncc(C(F)F)c(N)c1S(N)(=O)=O. The summed E-state index contributed by atoms with van der Waals surface area (Å²) < 4.78 is 46.6. The second kappa shape index (κ2) is 3.59. The first-order chi connectivity index (χ1) is 6.75. The molecule has 0 amide bonds. The summed E-state index contributed by atoms with van der Waals surface area (Å²) in [5.41, 5.74) is 9.01. The Labute approximate surface area is 84.1 Å². The van der Waals surface area contributed by atoms with Crippen LogP contribution >= 0.6 is 0 Å². The van der Waals surface area contributed by atoms with Crippen LogP contribution < -0.4 is 16.6 Å². The molecule has 1 rings (SSSR count). The van der Waals surface area contributed by atoms with Crippen molar-refractivity contribution in [2.45, 2.75) is 11.3 Å². The summed E-state index contributed by atoms with van der Waals surface area (Å²) in [6.07, 6.45) is -2.23. The van der Waals surface area contributed by atoms with E-state index < -0.39 is 38.4 Å². The number of nitrogen functional groups attached to an aromatic ring is 2. The Hall–Kier alpha value is -1.48. The largest absolute Gasteiger partial charge is 0.397 e. The van der Waals surface area contributed by atoms with E-state index in [9.17, 15) is 17.2 Å². The van der Waals surface area contributed by atoms with Gasteiger partial charge in [0, 0.05) is 6.20 Å². The second-order valence-electron chi connectivity index (χ2n) is 2.69. The minimum Gasteiger partial charge on any atom is -0.397 e. The van der Waals surface area contributed by atoms with E-state index in [1.165, 1.54) is 0 Å². The molecule has 1 aromatic rings. The highest BCUT2D eigenvalue weighted by molar-refractivity contribution is 7.89. The van der Waals surface area contributed by atoms with Gasteiger partial charge in [0.05, 0.1) is 11.3 Å². The minimum atomic E-state index is -4.27. The van der Waals surface area contributed by atoms with Crippen LogP contribution in [-0.4, -0.2) is 13.4 Å². The van der Waals surface area contributed by atoms with Gasteiger partial charge in [0.25, 0.3) is 6.43 Å². The molecule has 1 heterocycles. The van der Waals surface area contributed by atoms with Crippen molar-refractivity contribution in [2.75, 3.05) is 11.5 Å². The van der Waals surface area contributed by atoms with E-state index in [-0.39, 0.29) is 0 Å². The zero-order valence-corrected chi connectivity index (χ0v) is 8.13. The number of pyridine rings is 1. The van der Waals surface area contributed by atoms with Crippen LogP contribution in [-0.2, 0) is 10.0 Å². The molecule has 1 aromatic heterocycles. The molecule has 0 fully saturated rings. The van der Waals surface area contributed by atoms with E-state index >= 15 is 0 Å². The van der Waals surface area contributed by atoms with Crippen molar-refractivity contribution in [3.05, 3.63) is 11.8 Å². The van der Waals surface area contributed by atoms with Crippen LogP contribution in [0, 0.1) is 0 Å². The normalized spacial score (nSPS) is 12.0. The number of nitrogens with zero attached hydrogens (tertiary/aromatic N) is 1. The van der Waals surface area contributed by atoms with Gasteiger partial charge in [0.15, 0.2) is 0 Å². The van der Waals surface area contributed by atoms with Crippen molar-refractivity contribution in [1.29, 1.82) is 0 Å². The molecule has 0 aliphatic rings. The van der Waals surface area contributed by atoms with E-state index in [2.05, 4.69) is 4.98 Å². The van der Waals surface area contributed by atoms with Crippen LogP contribution in [0.25, 0.3) is 0 Å². The zero-order valence-electron chi connectivity index (χ0n) is 7.31. The molecule has 0 bridgehead atoms. The summed E-state index contributed by atoms with van der Waals surface area (Å²) in [5, 5.41) is 4.75. The van der Waals surface area contributed by atoms with Crippen LogP contribution in [0.5, 0.6) is 0 Å². The predicted molar refractivity (Wildman–Crippen MR) is 49.4 cm³/mol. The summed E-state index contributed by atoms with van der Waals surface area (Å²) >= 11 is 0. The summed E-state index contributed by atoms with van der Waals surface area (Å²) in [5.74, 6) is -0.501. The van der Waals surface area contributed by atoms with Crippen LogP contribution in [0.15, 0.2) is 11.1 Å². The molecule has 9 heteroatoms. The van der Waals surface area contributed by atoms with Gasteiger partial charge >= 0.3 is 0 Å². The molecule has 0 aromatic carbocycles. The molecule has 6 nitrogen and oxygen atoms in total. The molecule has 15 heavy (non-hydrogen) atoms. The third-order valence-electron chi connectivity index (χ3n) is 1.65. The van der Waals surface area contributed by atoms with Gasteiger partial charge in [-0.25, -0.2) is 27.3 Å². The summed E-state index contributed by atoms with van der Waals surface area (Å²) in [6, 6.07) is 0. The van der Waals surface area contributed by atoms with Gasteiger partial charge in [0.2, 0.25) is 10.0 Å². The maximum atomic E-state index is 12.3. The molecule has 0 radical (unpaired) electrons. The van der Waals surface area contributed by atoms with Gasteiger partial charge < -0.3 is 11.5 Å². The third kappa shape index (κ3) is 2.13. The number of alkyl halides is 2. The molecule has 0 atom stereocenters. The van der Waals surface area contributed by atoms with E-state index in [4.69, 9.17) is 16.6 Å². The number of nitrogens with two attached hydrogens (primary N) is 3. The Bertz CT molecular complexity index is 488. The Morgan fingerprint density at radius 3 is 2.27 bits per heavy atom. The number of primary sulfonamides is 1. The van der Waals surface area contributed by atoms with Crippen molar-refractivity contribution in [3.63, 3.8) is 0 Å². The fourth-order valence-electron chi connectivity index (χ4n) is 1.01. The number of rotatable bonds is 2. The first kappa shape index (κ1) is 11.6. The fourth-order valence-corrected chi connectivity index (χ4v) is 1.78. The molecule has 0 spiro atoms. The molecule has 84 valence electrons. The van der Waals surface area contributed by atoms with E-state index in [1.807, 2.05) is 0 Å². The number of halogens is 2. The van der Waals surface area contributed by atoms with Gasteiger partial charge in [-0.2, -0.15) is 0 Å². The molecule has 0 saturated carbocycles.